The van der Waals surface area contributed by atoms with E-state index in [-0.39, 0.29) is 5.91 Å². The van der Waals surface area contributed by atoms with Crippen LogP contribution in [0.15, 0.2) is 48.5 Å². The van der Waals surface area contributed by atoms with E-state index in [0.29, 0.717) is 18.0 Å². The van der Waals surface area contributed by atoms with Crippen LogP contribution in [0.4, 0.5) is 5.69 Å². The Balaban J connectivity index is 1.74. The largest absolute Gasteiger partial charge is 0.481 e. The van der Waals surface area contributed by atoms with E-state index in [0.717, 1.165) is 17.8 Å². The third-order valence-corrected chi connectivity index (χ3v) is 6.66. The van der Waals surface area contributed by atoms with E-state index in [9.17, 15) is 13.2 Å². The maximum atomic E-state index is 12.2. The molecule has 8 heteroatoms. The quantitative estimate of drug-likeness (QED) is 0.579. The fraction of sp³-hybridized carbons (Fsp3) is 0.381. The van der Waals surface area contributed by atoms with E-state index >= 15 is 0 Å². The molecule has 0 saturated carbocycles. The standard InChI is InChI=1S/C21H28N2O4S2/c1-16-7-5-6-8-18(16)15-28-14-13-22-21(24)17(2)27-20-11-9-19(10-12-20)23(3)29(4,25)26/h5-12,17H,13-15H2,1-4H3,(H,22,24)/t17-/m1/s1. The summed E-state index contributed by atoms with van der Waals surface area (Å²) in [7, 11) is -1.83. The van der Waals surface area contributed by atoms with Crippen molar-refractivity contribution >= 4 is 33.4 Å². The Bertz CT molecular complexity index is 915. The minimum absolute atomic E-state index is 0.182. The molecule has 0 aliphatic rings. The number of aryl methyl sites for hydroxylation is 1. The molecule has 0 unspecified atom stereocenters. The van der Waals surface area contributed by atoms with Crippen molar-refractivity contribution in [3.8, 4) is 5.75 Å². The molecule has 1 atom stereocenters. The summed E-state index contributed by atoms with van der Waals surface area (Å²) in [5.74, 6) is 2.06. The average molecular weight is 437 g/mol. The molecule has 29 heavy (non-hydrogen) atoms. The third kappa shape index (κ3) is 7.29. The first kappa shape index (κ1) is 23.1. The van der Waals surface area contributed by atoms with Gasteiger partial charge in [-0.1, -0.05) is 24.3 Å². The van der Waals surface area contributed by atoms with Crippen LogP contribution in [0, 0.1) is 6.92 Å². The number of thioether (sulfide) groups is 1. The highest BCUT2D eigenvalue weighted by atomic mass is 32.2. The molecule has 0 heterocycles. The Kier molecular flexibility index (Phi) is 8.40. The Hall–Kier alpha value is -2.19. The number of hydrogen-bond acceptors (Lipinski definition) is 5. The number of sulfonamides is 1. The average Bonchev–Trinajstić information content (AvgIpc) is 2.68. The molecular formula is C21H28N2O4S2. The Morgan fingerprint density at radius 1 is 1.17 bits per heavy atom. The molecular weight excluding hydrogens is 408 g/mol. The number of benzene rings is 2. The molecule has 0 aromatic heterocycles. The molecule has 2 rings (SSSR count). The summed E-state index contributed by atoms with van der Waals surface area (Å²) in [5.41, 5.74) is 3.12. The van der Waals surface area contributed by atoms with Gasteiger partial charge in [-0.25, -0.2) is 8.42 Å². The number of anilines is 1. The van der Waals surface area contributed by atoms with E-state index < -0.39 is 16.1 Å². The van der Waals surface area contributed by atoms with E-state index in [4.69, 9.17) is 4.74 Å². The van der Waals surface area contributed by atoms with Crippen molar-refractivity contribution in [3.05, 3.63) is 59.7 Å². The molecule has 0 fully saturated rings. The highest BCUT2D eigenvalue weighted by Crippen LogP contribution is 2.21. The zero-order chi connectivity index (χ0) is 21.4. The molecule has 6 nitrogen and oxygen atoms in total. The van der Waals surface area contributed by atoms with Crippen molar-refractivity contribution in [2.24, 2.45) is 0 Å². The van der Waals surface area contributed by atoms with Gasteiger partial charge in [0.2, 0.25) is 10.0 Å². The van der Waals surface area contributed by atoms with Crippen molar-refractivity contribution in [1.82, 2.24) is 5.32 Å². The number of ether oxygens (including phenoxy) is 1. The molecule has 0 radical (unpaired) electrons. The van der Waals surface area contributed by atoms with Gasteiger partial charge in [0.25, 0.3) is 5.91 Å². The van der Waals surface area contributed by atoms with E-state index in [2.05, 4.69) is 24.4 Å². The Morgan fingerprint density at radius 3 is 2.45 bits per heavy atom. The van der Waals surface area contributed by atoms with Gasteiger partial charge < -0.3 is 10.1 Å². The number of rotatable bonds is 10. The lowest BCUT2D eigenvalue weighted by Crippen LogP contribution is -2.37. The first-order chi connectivity index (χ1) is 13.7. The first-order valence-corrected chi connectivity index (χ1v) is 12.3. The lowest BCUT2D eigenvalue weighted by Gasteiger charge is -2.18. The molecule has 0 spiro atoms. The van der Waals surface area contributed by atoms with Crippen LogP contribution < -0.4 is 14.4 Å². The fourth-order valence-corrected chi connectivity index (χ4v) is 3.97. The lowest BCUT2D eigenvalue weighted by atomic mass is 10.1. The van der Waals surface area contributed by atoms with Gasteiger partial charge in [0.05, 0.1) is 11.9 Å². The van der Waals surface area contributed by atoms with Gasteiger partial charge in [0.1, 0.15) is 5.75 Å². The second-order valence-corrected chi connectivity index (χ2v) is 9.87. The van der Waals surface area contributed by atoms with Crippen molar-refractivity contribution in [1.29, 1.82) is 0 Å². The Labute approximate surface area is 177 Å². The number of nitrogens with one attached hydrogen (secondary N) is 1. The van der Waals surface area contributed by atoms with E-state index in [1.165, 1.54) is 22.5 Å². The predicted octanol–water partition coefficient (Wildman–Crippen LogP) is 3.21. The molecule has 0 saturated heterocycles. The van der Waals surface area contributed by atoms with Gasteiger partial charge >= 0.3 is 0 Å². The summed E-state index contributed by atoms with van der Waals surface area (Å²) >= 11 is 1.78. The molecule has 2 aromatic carbocycles. The predicted molar refractivity (Wildman–Crippen MR) is 120 cm³/mol. The number of carbonyl (C=O) groups is 1. The van der Waals surface area contributed by atoms with Crippen molar-refractivity contribution in [3.63, 3.8) is 0 Å². The molecule has 0 bridgehead atoms. The number of hydrogen-bond donors (Lipinski definition) is 1. The monoisotopic (exact) mass is 436 g/mol. The topological polar surface area (TPSA) is 75.7 Å². The van der Waals surface area contributed by atoms with Crippen molar-refractivity contribution < 1.29 is 17.9 Å². The van der Waals surface area contributed by atoms with Gasteiger partial charge in [-0.2, -0.15) is 11.8 Å². The van der Waals surface area contributed by atoms with E-state index in [1.54, 1.807) is 43.0 Å². The number of carbonyl (C=O) groups excluding carboxylic acids is 1. The minimum Gasteiger partial charge on any atom is -0.481 e. The van der Waals surface area contributed by atoms with Gasteiger partial charge in [-0.15, -0.1) is 0 Å². The zero-order valence-corrected chi connectivity index (χ0v) is 18.8. The fourth-order valence-electron chi connectivity index (χ4n) is 2.53. The van der Waals surface area contributed by atoms with Crippen molar-refractivity contribution in [2.45, 2.75) is 25.7 Å². The van der Waals surface area contributed by atoms with Crippen LogP contribution in [0.1, 0.15) is 18.1 Å². The van der Waals surface area contributed by atoms with Crippen LogP contribution in [-0.2, 0) is 20.6 Å². The van der Waals surface area contributed by atoms with Crippen LogP contribution in [0.5, 0.6) is 5.75 Å². The molecule has 0 aliphatic carbocycles. The number of nitrogens with zero attached hydrogens (tertiary/aromatic N) is 1. The van der Waals surface area contributed by atoms with Gasteiger partial charge in [-0.3, -0.25) is 9.10 Å². The van der Waals surface area contributed by atoms with Gasteiger partial charge in [0, 0.05) is 25.1 Å². The lowest BCUT2D eigenvalue weighted by molar-refractivity contribution is -0.127. The third-order valence-electron chi connectivity index (χ3n) is 4.44. The smallest absolute Gasteiger partial charge is 0.260 e. The first-order valence-electron chi connectivity index (χ1n) is 9.29. The zero-order valence-electron chi connectivity index (χ0n) is 17.2. The van der Waals surface area contributed by atoms with Crippen LogP contribution in [0.25, 0.3) is 0 Å². The highest BCUT2D eigenvalue weighted by Gasteiger charge is 2.15. The van der Waals surface area contributed by atoms with Crippen LogP contribution in [0.3, 0.4) is 0 Å². The summed E-state index contributed by atoms with van der Waals surface area (Å²) in [4.78, 5) is 12.2. The summed E-state index contributed by atoms with van der Waals surface area (Å²) in [5, 5.41) is 2.88. The molecule has 158 valence electrons. The summed E-state index contributed by atoms with van der Waals surface area (Å²) < 4.78 is 30.0. The van der Waals surface area contributed by atoms with Gasteiger partial charge in [-0.05, 0) is 49.2 Å². The molecule has 2 aromatic rings. The minimum atomic E-state index is -3.31. The Morgan fingerprint density at radius 2 is 1.83 bits per heavy atom. The van der Waals surface area contributed by atoms with Crippen molar-refractivity contribution in [2.75, 3.05) is 29.9 Å². The van der Waals surface area contributed by atoms with Crippen LogP contribution in [0.2, 0.25) is 0 Å². The summed E-state index contributed by atoms with van der Waals surface area (Å²) in [6.07, 6.45) is 0.498. The molecule has 0 aliphatic heterocycles. The second kappa shape index (κ2) is 10.5. The normalized spacial score (nSPS) is 12.3. The number of amides is 1. The molecule has 1 amide bonds. The SMILES string of the molecule is Cc1ccccc1CSCCNC(=O)[C@@H](C)Oc1ccc(N(C)S(C)(=O)=O)cc1. The van der Waals surface area contributed by atoms with Crippen LogP contribution >= 0.6 is 11.8 Å². The molecule has 1 N–H and O–H groups in total. The summed E-state index contributed by atoms with van der Waals surface area (Å²) in [6, 6.07) is 14.9. The van der Waals surface area contributed by atoms with E-state index in [1.807, 2.05) is 12.1 Å². The summed E-state index contributed by atoms with van der Waals surface area (Å²) in [6.45, 7) is 4.36. The highest BCUT2D eigenvalue weighted by molar-refractivity contribution is 7.98. The maximum absolute atomic E-state index is 12.2. The second-order valence-electron chi connectivity index (χ2n) is 6.75. The maximum Gasteiger partial charge on any atom is 0.260 e. The van der Waals surface area contributed by atoms with Crippen LogP contribution in [-0.4, -0.2) is 46.0 Å². The van der Waals surface area contributed by atoms with Gasteiger partial charge in [0.15, 0.2) is 6.10 Å².